The normalized spacial score (nSPS) is 10.4. The zero-order chi connectivity index (χ0) is 10.1. The van der Waals surface area contributed by atoms with Crippen molar-refractivity contribution in [2.75, 3.05) is 7.11 Å². The fraction of sp³-hybridized carbons (Fsp3) is 0.111. The van der Waals surface area contributed by atoms with Crippen molar-refractivity contribution in [3.05, 3.63) is 22.9 Å². The number of hydrogen-bond donors (Lipinski definition) is 1. The van der Waals surface area contributed by atoms with Crippen molar-refractivity contribution in [3.63, 3.8) is 0 Å². The van der Waals surface area contributed by atoms with E-state index in [9.17, 15) is 5.11 Å². The van der Waals surface area contributed by atoms with Crippen molar-refractivity contribution < 1.29 is 9.84 Å². The van der Waals surface area contributed by atoms with E-state index >= 15 is 0 Å². The highest BCUT2D eigenvalue weighted by Crippen LogP contribution is 2.31. The van der Waals surface area contributed by atoms with Gasteiger partial charge in [-0.3, -0.25) is 0 Å². The smallest absolute Gasteiger partial charge is 0.229 e. The molecule has 0 amide bonds. The van der Waals surface area contributed by atoms with Crippen molar-refractivity contribution in [2.45, 2.75) is 0 Å². The number of halogens is 1. The van der Waals surface area contributed by atoms with Crippen LogP contribution in [0.5, 0.6) is 11.6 Å². The number of hydrogen-bond acceptors (Lipinski definition) is 4. The van der Waals surface area contributed by atoms with E-state index in [4.69, 9.17) is 4.74 Å². The van der Waals surface area contributed by atoms with Crippen molar-refractivity contribution in [3.8, 4) is 11.6 Å². The molecular formula is C9H7BrN2O2. The Kier molecular flexibility index (Phi) is 2.25. The van der Waals surface area contributed by atoms with Gasteiger partial charge in [-0.1, -0.05) is 6.07 Å². The molecule has 0 aliphatic carbocycles. The summed E-state index contributed by atoms with van der Waals surface area (Å²) in [6.07, 6.45) is 0. The maximum Gasteiger partial charge on any atom is 0.229 e. The van der Waals surface area contributed by atoms with E-state index in [-0.39, 0.29) is 5.75 Å². The zero-order valence-electron chi connectivity index (χ0n) is 7.36. The molecule has 2 rings (SSSR count). The quantitative estimate of drug-likeness (QED) is 0.793. The molecule has 0 saturated carbocycles. The molecule has 2 aromatic rings. The minimum absolute atomic E-state index is 0.117. The number of rotatable bonds is 1. The Morgan fingerprint density at radius 1 is 1.36 bits per heavy atom. The van der Waals surface area contributed by atoms with E-state index < -0.39 is 0 Å². The van der Waals surface area contributed by atoms with Crippen LogP contribution in [0, 0.1) is 0 Å². The number of aromatic nitrogens is 2. The molecule has 0 unspecified atom stereocenters. The molecule has 1 aromatic carbocycles. The van der Waals surface area contributed by atoms with Gasteiger partial charge in [0.05, 0.1) is 12.6 Å². The first-order valence-electron chi connectivity index (χ1n) is 3.91. The summed E-state index contributed by atoms with van der Waals surface area (Å²) in [5.41, 5.74) is 0.642. The summed E-state index contributed by atoms with van der Waals surface area (Å²) in [6.45, 7) is 0. The fourth-order valence-corrected chi connectivity index (χ4v) is 1.60. The number of aromatic hydroxyl groups is 1. The van der Waals surface area contributed by atoms with Crippen LogP contribution in [0.15, 0.2) is 22.9 Å². The van der Waals surface area contributed by atoms with Crippen LogP contribution in [0.2, 0.25) is 0 Å². The van der Waals surface area contributed by atoms with Gasteiger partial charge in [0, 0.05) is 0 Å². The van der Waals surface area contributed by atoms with Crippen LogP contribution in [-0.4, -0.2) is 22.2 Å². The number of benzene rings is 1. The second-order valence-corrected chi connectivity index (χ2v) is 3.38. The van der Waals surface area contributed by atoms with Crippen LogP contribution in [0.4, 0.5) is 0 Å². The third-order valence-corrected chi connectivity index (χ3v) is 2.19. The highest BCUT2D eigenvalue weighted by atomic mass is 79.9. The lowest BCUT2D eigenvalue weighted by molar-refractivity contribution is 0.398. The van der Waals surface area contributed by atoms with E-state index in [2.05, 4.69) is 25.9 Å². The number of fused-ring (bicyclic) bond motifs is 1. The number of phenols is 1. The highest BCUT2D eigenvalue weighted by Gasteiger charge is 2.09. The third kappa shape index (κ3) is 1.39. The van der Waals surface area contributed by atoms with Crippen LogP contribution in [0.1, 0.15) is 0 Å². The minimum atomic E-state index is 0.117. The molecule has 0 bridgehead atoms. The van der Waals surface area contributed by atoms with Gasteiger partial charge in [-0.15, -0.1) is 0 Å². The van der Waals surface area contributed by atoms with E-state index in [0.717, 1.165) is 0 Å². The average Bonchev–Trinajstić information content (AvgIpc) is 2.16. The maximum absolute atomic E-state index is 9.60. The number of methoxy groups -OCH3 is 1. The van der Waals surface area contributed by atoms with Crippen molar-refractivity contribution in [2.24, 2.45) is 0 Å². The van der Waals surface area contributed by atoms with Crippen LogP contribution in [-0.2, 0) is 0 Å². The third-order valence-electron chi connectivity index (χ3n) is 1.83. The molecule has 0 fully saturated rings. The van der Waals surface area contributed by atoms with E-state index in [0.29, 0.717) is 21.5 Å². The van der Waals surface area contributed by atoms with Gasteiger partial charge >= 0.3 is 0 Å². The summed E-state index contributed by atoms with van der Waals surface area (Å²) in [7, 11) is 1.50. The Morgan fingerprint density at radius 3 is 2.86 bits per heavy atom. The van der Waals surface area contributed by atoms with Crippen molar-refractivity contribution >= 4 is 26.8 Å². The minimum Gasteiger partial charge on any atom is -0.507 e. The van der Waals surface area contributed by atoms with Crippen LogP contribution < -0.4 is 4.74 Å². The summed E-state index contributed by atoms with van der Waals surface area (Å²) >= 11 is 3.16. The molecule has 0 radical (unpaired) electrons. The number of phenolic OH excluding ortho intramolecular Hbond substituents is 1. The first kappa shape index (κ1) is 9.21. The molecule has 72 valence electrons. The molecule has 5 heteroatoms. The van der Waals surface area contributed by atoms with Gasteiger partial charge in [0.15, 0.2) is 0 Å². The van der Waals surface area contributed by atoms with Gasteiger partial charge in [0.25, 0.3) is 0 Å². The molecule has 1 aromatic heterocycles. The molecule has 0 spiro atoms. The molecule has 0 aliphatic rings. The summed E-state index contributed by atoms with van der Waals surface area (Å²) in [4.78, 5) is 8.11. The molecule has 1 N–H and O–H groups in total. The highest BCUT2D eigenvalue weighted by molar-refractivity contribution is 9.10. The van der Waals surface area contributed by atoms with E-state index in [1.54, 1.807) is 18.2 Å². The Balaban J connectivity index is 2.88. The summed E-state index contributed by atoms with van der Waals surface area (Å²) in [6, 6.07) is 5.07. The van der Waals surface area contributed by atoms with Gasteiger partial charge in [-0.2, -0.15) is 4.98 Å². The van der Waals surface area contributed by atoms with Crippen molar-refractivity contribution in [1.82, 2.24) is 9.97 Å². The Hall–Kier alpha value is -1.36. The molecule has 14 heavy (non-hydrogen) atoms. The molecule has 0 aliphatic heterocycles. The summed E-state index contributed by atoms with van der Waals surface area (Å²) in [5, 5.41) is 10.1. The van der Waals surface area contributed by atoms with Gasteiger partial charge in [-0.05, 0) is 28.1 Å². The molecule has 4 nitrogen and oxygen atoms in total. The molecule has 1 heterocycles. The lowest BCUT2D eigenvalue weighted by atomic mass is 10.2. The molecule has 0 atom stereocenters. The second kappa shape index (κ2) is 3.42. The van der Waals surface area contributed by atoms with E-state index in [1.807, 2.05) is 0 Å². The lowest BCUT2D eigenvalue weighted by Crippen LogP contribution is -1.93. The largest absolute Gasteiger partial charge is 0.507 e. The monoisotopic (exact) mass is 254 g/mol. The standard InChI is InChI=1S/C9H7BrN2O2/c1-14-8-7-5(11-9(10)12-8)3-2-4-6(7)13/h2-4,13H,1H3. The predicted molar refractivity (Wildman–Crippen MR) is 55.5 cm³/mol. The maximum atomic E-state index is 9.60. The van der Waals surface area contributed by atoms with Gasteiger partial charge in [0.2, 0.25) is 10.6 Å². The average molecular weight is 255 g/mol. The topological polar surface area (TPSA) is 55.2 Å². The van der Waals surface area contributed by atoms with Gasteiger partial charge < -0.3 is 9.84 Å². The van der Waals surface area contributed by atoms with Crippen LogP contribution in [0.3, 0.4) is 0 Å². The van der Waals surface area contributed by atoms with Crippen LogP contribution in [0.25, 0.3) is 10.9 Å². The Bertz CT molecular complexity index is 487. The summed E-state index contributed by atoms with van der Waals surface area (Å²) in [5.74, 6) is 0.479. The first-order valence-corrected chi connectivity index (χ1v) is 4.71. The molecule has 0 saturated heterocycles. The number of nitrogens with zero attached hydrogens (tertiary/aromatic N) is 2. The Morgan fingerprint density at radius 2 is 2.14 bits per heavy atom. The first-order chi connectivity index (χ1) is 6.72. The summed E-state index contributed by atoms with van der Waals surface area (Å²) < 4.78 is 5.49. The van der Waals surface area contributed by atoms with E-state index in [1.165, 1.54) is 7.11 Å². The molecular weight excluding hydrogens is 248 g/mol. The Labute approximate surface area is 88.7 Å². The van der Waals surface area contributed by atoms with Crippen LogP contribution >= 0.6 is 15.9 Å². The number of ether oxygens (including phenoxy) is 1. The van der Waals surface area contributed by atoms with Crippen molar-refractivity contribution in [1.29, 1.82) is 0 Å². The van der Waals surface area contributed by atoms with Gasteiger partial charge in [-0.25, -0.2) is 4.98 Å². The fourth-order valence-electron chi connectivity index (χ4n) is 1.25. The van der Waals surface area contributed by atoms with Gasteiger partial charge in [0.1, 0.15) is 11.1 Å². The SMILES string of the molecule is COc1nc(Br)nc2cccc(O)c12. The predicted octanol–water partition coefficient (Wildman–Crippen LogP) is 2.11. The zero-order valence-corrected chi connectivity index (χ0v) is 8.95. The second-order valence-electron chi connectivity index (χ2n) is 2.67. The lowest BCUT2D eigenvalue weighted by Gasteiger charge is -2.05.